The lowest BCUT2D eigenvalue weighted by Crippen LogP contribution is -2.15. The van der Waals surface area contributed by atoms with Crippen LogP contribution in [-0.4, -0.2) is 31.9 Å². The summed E-state index contributed by atoms with van der Waals surface area (Å²) in [6.07, 6.45) is 1.16. The number of ether oxygens (including phenoxy) is 2. The summed E-state index contributed by atoms with van der Waals surface area (Å²) < 4.78 is 11.0. The van der Waals surface area contributed by atoms with Crippen LogP contribution in [-0.2, 0) is 6.61 Å². The van der Waals surface area contributed by atoms with Crippen molar-refractivity contribution in [3.8, 4) is 11.5 Å². The Labute approximate surface area is 102 Å². The highest BCUT2D eigenvalue weighted by atomic mass is 16.5. The number of aliphatic hydroxyl groups is 1. The molecule has 0 spiro atoms. The van der Waals surface area contributed by atoms with Crippen LogP contribution in [0.1, 0.15) is 12.0 Å². The summed E-state index contributed by atoms with van der Waals surface area (Å²) in [5.74, 6) is 2.01. The lowest BCUT2D eigenvalue weighted by atomic mass is 10.1. The third-order valence-electron chi connectivity index (χ3n) is 3.05. The van der Waals surface area contributed by atoms with E-state index in [1.807, 2.05) is 18.2 Å². The van der Waals surface area contributed by atoms with Gasteiger partial charge in [0.15, 0.2) is 11.5 Å². The van der Waals surface area contributed by atoms with Crippen molar-refractivity contribution in [2.24, 2.45) is 5.92 Å². The largest absolute Gasteiger partial charge is 0.493 e. The van der Waals surface area contributed by atoms with Crippen LogP contribution in [0.2, 0.25) is 0 Å². The van der Waals surface area contributed by atoms with Crippen LogP contribution in [0.15, 0.2) is 18.2 Å². The maximum absolute atomic E-state index is 9.05. The smallest absolute Gasteiger partial charge is 0.161 e. The zero-order valence-corrected chi connectivity index (χ0v) is 10.1. The highest BCUT2D eigenvalue weighted by molar-refractivity contribution is 5.42. The third kappa shape index (κ3) is 3.11. The van der Waals surface area contributed by atoms with Crippen molar-refractivity contribution < 1.29 is 14.6 Å². The minimum Gasteiger partial charge on any atom is -0.493 e. The first kappa shape index (κ1) is 12.2. The molecular formula is C13H19NO3. The van der Waals surface area contributed by atoms with Crippen LogP contribution < -0.4 is 14.8 Å². The van der Waals surface area contributed by atoms with E-state index in [4.69, 9.17) is 14.6 Å². The van der Waals surface area contributed by atoms with Gasteiger partial charge in [-0.05, 0) is 30.7 Å². The van der Waals surface area contributed by atoms with Crippen molar-refractivity contribution in [1.29, 1.82) is 0 Å². The molecule has 1 aromatic rings. The van der Waals surface area contributed by atoms with E-state index in [0.29, 0.717) is 18.3 Å². The lowest BCUT2D eigenvalue weighted by Gasteiger charge is -2.14. The maximum Gasteiger partial charge on any atom is 0.161 e. The van der Waals surface area contributed by atoms with Crippen LogP contribution in [0.5, 0.6) is 11.5 Å². The molecule has 1 aliphatic heterocycles. The van der Waals surface area contributed by atoms with Crippen molar-refractivity contribution in [1.82, 2.24) is 5.32 Å². The summed E-state index contributed by atoms with van der Waals surface area (Å²) in [5.41, 5.74) is 0.830. The standard InChI is InChI=1S/C13H19NO3/c1-16-13-6-10(8-15)2-3-12(13)17-9-11-4-5-14-7-11/h2-3,6,11,14-15H,4-5,7-9H2,1H3. The normalized spacial score (nSPS) is 19.3. The predicted molar refractivity (Wildman–Crippen MR) is 65.4 cm³/mol. The number of methoxy groups -OCH3 is 1. The molecule has 1 aromatic carbocycles. The van der Waals surface area contributed by atoms with Gasteiger partial charge in [0.25, 0.3) is 0 Å². The molecule has 1 fully saturated rings. The molecule has 0 aromatic heterocycles. The van der Waals surface area contributed by atoms with Gasteiger partial charge in [-0.1, -0.05) is 6.07 Å². The number of hydrogen-bond donors (Lipinski definition) is 2. The van der Waals surface area contributed by atoms with Crippen molar-refractivity contribution in [2.75, 3.05) is 26.8 Å². The molecule has 0 aliphatic carbocycles. The van der Waals surface area contributed by atoms with Crippen molar-refractivity contribution in [3.63, 3.8) is 0 Å². The van der Waals surface area contributed by atoms with Crippen LogP contribution in [0.25, 0.3) is 0 Å². The quantitative estimate of drug-likeness (QED) is 0.807. The second-order valence-corrected chi connectivity index (χ2v) is 4.31. The fourth-order valence-electron chi connectivity index (χ4n) is 1.99. The average molecular weight is 237 g/mol. The van der Waals surface area contributed by atoms with Gasteiger partial charge in [0.2, 0.25) is 0 Å². The number of benzene rings is 1. The van der Waals surface area contributed by atoms with Crippen molar-refractivity contribution in [2.45, 2.75) is 13.0 Å². The first-order valence-corrected chi connectivity index (χ1v) is 5.94. The van der Waals surface area contributed by atoms with E-state index in [0.717, 1.165) is 30.8 Å². The van der Waals surface area contributed by atoms with Gasteiger partial charge >= 0.3 is 0 Å². The van der Waals surface area contributed by atoms with Crippen LogP contribution in [0.4, 0.5) is 0 Å². The minimum atomic E-state index is 0.0170. The molecular weight excluding hydrogens is 218 g/mol. The molecule has 4 nitrogen and oxygen atoms in total. The van der Waals surface area contributed by atoms with Crippen LogP contribution in [0, 0.1) is 5.92 Å². The molecule has 94 valence electrons. The van der Waals surface area contributed by atoms with Crippen LogP contribution >= 0.6 is 0 Å². The summed E-state index contributed by atoms with van der Waals surface area (Å²) in [5, 5.41) is 12.4. The molecule has 1 heterocycles. The van der Waals surface area contributed by atoms with Crippen LogP contribution in [0.3, 0.4) is 0 Å². The Hall–Kier alpha value is -1.26. The third-order valence-corrected chi connectivity index (χ3v) is 3.05. The number of rotatable bonds is 5. The van der Waals surface area contributed by atoms with E-state index in [-0.39, 0.29) is 6.61 Å². The van der Waals surface area contributed by atoms with Gasteiger partial charge in [-0.3, -0.25) is 0 Å². The van der Waals surface area contributed by atoms with Gasteiger partial charge in [0, 0.05) is 12.5 Å². The van der Waals surface area contributed by atoms with Gasteiger partial charge in [0.1, 0.15) is 0 Å². The molecule has 4 heteroatoms. The zero-order chi connectivity index (χ0) is 12.1. The van der Waals surface area contributed by atoms with E-state index in [1.165, 1.54) is 0 Å². The molecule has 1 saturated heterocycles. The van der Waals surface area contributed by atoms with E-state index in [9.17, 15) is 0 Å². The van der Waals surface area contributed by atoms with Gasteiger partial charge in [0.05, 0.1) is 20.3 Å². The topological polar surface area (TPSA) is 50.7 Å². The van der Waals surface area contributed by atoms with E-state index >= 15 is 0 Å². The molecule has 0 radical (unpaired) electrons. The van der Waals surface area contributed by atoms with E-state index in [2.05, 4.69) is 5.32 Å². The maximum atomic E-state index is 9.05. The molecule has 2 N–H and O–H groups in total. The van der Waals surface area contributed by atoms with Gasteiger partial charge in [-0.15, -0.1) is 0 Å². The van der Waals surface area contributed by atoms with Crippen molar-refractivity contribution in [3.05, 3.63) is 23.8 Å². The number of aliphatic hydroxyl groups excluding tert-OH is 1. The Kier molecular flexibility index (Phi) is 4.23. The summed E-state index contributed by atoms with van der Waals surface area (Å²) in [6.45, 7) is 2.83. The molecule has 0 saturated carbocycles. The Bertz CT molecular complexity index is 362. The molecule has 1 aliphatic rings. The molecule has 17 heavy (non-hydrogen) atoms. The Balaban J connectivity index is 1.98. The van der Waals surface area contributed by atoms with Gasteiger partial charge in [-0.25, -0.2) is 0 Å². The van der Waals surface area contributed by atoms with E-state index in [1.54, 1.807) is 7.11 Å². The lowest BCUT2D eigenvalue weighted by molar-refractivity contribution is 0.246. The SMILES string of the molecule is COc1cc(CO)ccc1OCC1CCNC1. The summed E-state index contributed by atoms with van der Waals surface area (Å²) in [4.78, 5) is 0. The fraction of sp³-hybridized carbons (Fsp3) is 0.538. The van der Waals surface area contributed by atoms with Crippen molar-refractivity contribution >= 4 is 0 Å². The fourth-order valence-corrected chi connectivity index (χ4v) is 1.99. The highest BCUT2D eigenvalue weighted by Gasteiger charge is 2.16. The Morgan fingerprint density at radius 2 is 2.29 bits per heavy atom. The summed E-state index contributed by atoms with van der Waals surface area (Å²) in [6, 6.07) is 5.51. The first-order valence-electron chi connectivity index (χ1n) is 5.94. The molecule has 0 amide bonds. The van der Waals surface area contributed by atoms with Gasteiger partial charge < -0.3 is 19.9 Å². The molecule has 0 bridgehead atoms. The summed E-state index contributed by atoms with van der Waals surface area (Å²) in [7, 11) is 1.61. The number of hydrogen-bond acceptors (Lipinski definition) is 4. The first-order chi connectivity index (χ1) is 8.33. The molecule has 1 unspecified atom stereocenters. The molecule has 2 rings (SSSR count). The zero-order valence-electron chi connectivity index (χ0n) is 10.1. The average Bonchev–Trinajstić information content (AvgIpc) is 2.89. The minimum absolute atomic E-state index is 0.0170. The molecule has 1 atom stereocenters. The summed E-state index contributed by atoms with van der Waals surface area (Å²) >= 11 is 0. The monoisotopic (exact) mass is 237 g/mol. The Morgan fingerprint density at radius 1 is 1.41 bits per heavy atom. The van der Waals surface area contributed by atoms with Gasteiger partial charge in [-0.2, -0.15) is 0 Å². The second kappa shape index (κ2) is 5.89. The predicted octanol–water partition coefficient (Wildman–Crippen LogP) is 1.18. The second-order valence-electron chi connectivity index (χ2n) is 4.31. The van der Waals surface area contributed by atoms with E-state index < -0.39 is 0 Å². The number of nitrogens with one attached hydrogen (secondary N) is 1. The highest BCUT2D eigenvalue weighted by Crippen LogP contribution is 2.28. The Morgan fingerprint density at radius 3 is 2.94 bits per heavy atom.